The first-order valence-electron chi connectivity index (χ1n) is 10.2. The topological polar surface area (TPSA) is 87.6 Å². The van der Waals surface area contributed by atoms with Crippen LogP contribution in [0.15, 0.2) is 64.5 Å². The fraction of sp³-hybridized carbons (Fsp3) is 0.391. The molecule has 30 heavy (non-hydrogen) atoms. The molecule has 0 fully saturated rings. The van der Waals surface area contributed by atoms with Gasteiger partial charge < -0.3 is 5.32 Å². The zero-order valence-electron chi connectivity index (χ0n) is 17.8. The number of rotatable bonds is 7. The minimum absolute atomic E-state index is 0.0935. The Hall–Kier alpha value is -2.67. The molecule has 160 valence electrons. The van der Waals surface area contributed by atoms with E-state index in [1.165, 1.54) is 11.6 Å². The van der Waals surface area contributed by atoms with Crippen molar-refractivity contribution in [1.29, 1.82) is 0 Å². The molecule has 2 aromatic rings. The minimum Gasteiger partial charge on any atom is -0.354 e. The third-order valence-corrected chi connectivity index (χ3v) is 6.76. The van der Waals surface area contributed by atoms with E-state index in [1.807, 2.05) is 32.0 Å². The Balaban J connectivity index is 1.80. The number of amidine groups is 1. The summed E-state index contributed by atoms with van der Waals surface area (Å²) >= 11 is 0. The third-order valence-electron chi connectivity index (χ3n) is 5.36. The van der Waals surface area contributed by atoms with Crippen LogP contribution < -0.4 is 10.0 Å². The predicted octanol–water partition coefficient (Wildman–Crippen LogP) is 3.31. The molecule has 0 bridgehead atoms. The molecule has 0 saturated carbocycles. The Kier molecular flexibility index (Phi) is 6.61. The van der Waals surface area contributed by atoms with Gasteiger partial charge in [-0.1, -0.05) is 70.2 Å². The highest BCUT2D eigenvalue weighted by molar-refractivity contribution is 7.90. The number of aliphatic imine (C=N–C) groups is 1. The van der Waals surface area contributed by atoms with Gasteiger partial charge in [0.05, 0.1) is 4.90 Å². The average Bonchev–Trinajstić information content (AvgIpc) is 2.97. The number of carbonyl (C=O) groups excluding carboxylic acids is 1. The van der Waals surface area contributed by atoms with Crippen molar-refractivity contribution in [2.24, 2.45) is 16.8 Å². The average molecular weight is 428 g/mol. The molecule has 1 amide bonds. The lowest BCUT2D eigenvalue weighted by atomic mass is 9.88. The summed E-state index contributed by atoms with van der Waals surface area (Å²) in [7, 11) is -3.64. The van der Waals surface area contributed by atoms with Crippen LogP contribution in [0.5, 0.6) is 0 Å². The Morgan fingerprint density at radius 2 is 1.60 bits per heavy atom. The zero-order valence-corrected chi connectivity index (χ0v) is 18.6. The van der Waals surface area contributed by atoms with Gasteiger partial charge in [0, 0.05) is 18.0 Å². The van der Waals surface area contributed by atoms with Crippen molar-refractivity contribution in [2.75, 3.05) is 6.54 Å². The van der Waals surface area contributed by atoms with Crippen molar-refractivity contribution in [1.82, 2.24) is 10.0 Å². The second kappa shape index (κ2) is 9.00. The monoisotopic (exact) mass is 427 g/mol. The largest absolute Gasteiger partial charge is 0.354 e. The van der Waals surface area contributed by atoms with Gasteiger partial charge in [-0.15, -0.1) is 0 Å². The molecule has 1 unspecified atom stereocenters. The van der Waals surface area contributed by atoms with E-state index in [0.717, 1.165) is 0 Å². The molecule has 2 aromatic carbocycles. The number of carbonyl (C=O) groups is 1. The second-order valence-corrected chi connectivity index (χ2v) is 9.93. The van der Waals surface area contributed by atoms with E-state index < -0.39 is 16.1 Å². The smallest absolute Gasteiger partial charge is 0.263 e. The number of nitrogens with zero attached hydrogens (tertiary/aromatic N) is 1. The Morgan fingerprint density at radius 3 is 2.23 bits per heavy atom. The zero-order chi connectivity index (χ0) is 21.9. The van der Waals surface area contributed by atoms with Crippen LogP contribution in [0.25, 0.3) is 0 Å². The lowest BCUT2D eigenvalue weighted by Crippen LogP contribution is -2.40. The van der Waals surface area contributed by atoms with Gasteiger partial charge in [-0.2, -0.15) is 0 Å². The van der Waals surface area contributed by atoms with Crippen molar-refractivity contribution >= 4 is 21.8 Å². The molecule has 0 aliphatic carbocycles. The predicted molar refractivity (Wildman–Crippen MR) is 119 cm³/mol. The number of hydrogen-bond acceptors (Lipinski definition) is 4. The Morgan fingerprint density at radius 1 is 0.967 bits per heavy atom. The number of sulfonamides is 1. The summed E-state index contributed by atoms with van der Waals surface area (Å²) in [5.41, 5.74) is 1.68. The summed E-state index contributed by atoms with van der Waals surface area (Å²) in [5, 5.41) is 3.04. The number of nitrogens with one attached hydrogen (secondary N) is 2. The van der Waals surface area contributed by atoms with Crippen LogP contribution >= 0.6 is 0 Å². The van der Waals surface area contributed by atoms with Gasteiger partial charge in [-0.3, -0.25) is 14.5 Å². The number of fused-ring (bicyclic) bond motifs is 1. The first-order chi connectivity index (χ1) is 14.2. The van der Waals surface area contributed by atoms with E-state index >= 15 is 0 Å². The minimum atomic E-state index is -3.64. The van der Waals surface area contributed by atoms with E-state index in [9.17, 15) is 13.2 Å². The molecule has 0 aromatic heterocycles. The van der Waals surface area contributed by atoms with E-state index in [2.05, 4.69) is 41.0 Å². The molecule has 3 rings (SSSR count). The lowest BCUT2D eigenvalue weighted by molar-refractivity contribution is -0.123. The molecular formula is C23H29N3O3S. The Bertz CT molecular complexity index is 1030. The quantitative estimate of drug-likeness (QED) is 0.711. The summed E-state index contributed by atoms with van der Waals surface area (Å²) in [6.45, 7) is 8.57. The fourth-order valence-corrected chi connectivity index (χ4v) is 4.87. The molecule has 0 radical (unpaired) electrons. The van der Waals surface area contributed by atoms with Crippen LogP contribution in [0.3, 0.4) is 0 Å². The molecule has 1 heterocycles. The summed E-state index contributed by atoms with van der Waals surface area (Å²) in [6.07, 6.45) is 0. The van der Waals surface area contributed by atoms with Crippen LogP contribution in [-0.4, -0.2) is 32.7 Å². The van der Waals surface area contributed by atoms with E-state index in [0.29, 0.717) is 18.0 Å². The van der Waals surface area contributed by atoms with Crippen molar-refractivity contribution in [3.05, 3.63) is 65.7 Å². The summed E-state index contributed by atoms with van der Waals surface area (Å²) < 4.78 is 27.2. The standard InChI is InChI=1S/C23H29N3O3S/c1-15(2)19(17-10-6-5-7-11-17)14-24-23(27)21(16(3)4)25-22-18-12-8-9-13-20(18)30(28,29)26-22/h5-13,15-16,19,21H,14H2,1-4H3,(H,24,27)(H,25,26)/t19?,21-/m0/s1. The molecule has 2 atom stereocenters. The first-order valence-corrected chi connectivity index (χ1v) is 11.7. The first kappa shape index (κ1) is 22.0. The molecular weight excluding hydrogens is 398 g/mol. The maximum atomic E-state index is 13.0. The van der Waals surface area contributed by atoms with Crippen LogP contribution in [0, 0.1) is 11.8 Å². The normalized spacial score (nSPS) is 18.1. The van der Waals surface area contributed by atoms with Crippen LogP contribution in [-0.2, 0) is 14.8 Å². The summed E-state index contributed by atoms with van der Waals surface area (Å²) in [6, 6.07) is 16.1. The molecule has 0 saturated heterocycles. The summed E-state index contributed by atoms with van der Waals surface area (Å²) in [4.78, 5) is 17.7. The van der Waals surface area contributed by atoms with Crippen LogP contribution in [0.2, 0.25) is 0 Å². The maximum absolute atomic E-state index is 13.0. The highest BCUT2D eigenvalue weighted by atomic mass is 32.2. The highest BCUT2D eigenvalue weighted by Gasteiger charge is 2.32. The van der Waals surface area contributed by atoms with Crippen molar-refractivity contribution in [3.63, 3.8) is 0 Å². The fourth-order valence-electron chi connectivity index (χ4n) is 3.63. The molecule has 1 aliphatic rings. The number of benzene rings is 2. The molecule has 1 aliphatic heterocycles. The number of amides is 1. The third kappa shape index (κ3) is 4.73. The van der Waals surface area contributed by atoms with Gasteiger partial charge in [0.1, 0.15) is 11.9 Å². The van der Waals surface area contributed by atoms with Crippen molar-refractivity contribution < 1.29 is 13.2 Å². The molecule has 2 N–H and O–H groups in total. The van der Waals surface area contributed by atoms with Gasteiger partial charge in [-0.25, -0.2) is 8.42 Å². The lowest BCUT2D eigenvalue weighted by Gasteiger charge is -2.24. The SMILES string of the molecule is CC(C)C(CNC(=O)[C@@H](N=C1NS(=O)(=O)c2ccccc21)C(C)C)c1ccccc1. The van der Waals surface area contributed by atoms with Gasteiger partial charge >= 0.3 is 0 Å². The van der Waals surface area contributed by atoms with E-state index in [4.69, 9.17) is 0 Å². The van der Waals surface area contributed by atoms with Gasteiger partial charge in [0.2, 0.25) is 5.91 Å². The van der Waals surface area contributed by atoms with E-state index in [1.54, 1.807) is 18.2 Å². The summed E-state index contributed by atoms with van der Waals surface area (Å²) in [5.74, 6) is 0.459. The van der Waals surface area contributed by atoms with E-state index in [-0.39, 0.29) is 28.5 Å². The number of hydrogen-bond donors (Lipinski definition) is 2. The van der Waals surface area contributed by atoms with Crippen LogP contribution in [0.4, 0.5) is 0 Å². The second-order valence-electron chi connectivity index (χ2n) is 8.27. The molecule has 7 heteroatoms. The van der Waals surface area contributed by atoms with Crippen molar-refractivity contribution in [2.45, 2.75) is 44.6 Å². The Labute approximate surface area is 178 Å². The molecule has 6 nitrogen and oxygen atoms in total. The molecule has 0 spiro atoms. The highest BCUT2D eigenvalue weighted by Crippen LogP contribution is 2.25. The van der Waals surface area contributed by atoms with Crippen molar-refractivity contribution in [3.8, 4) is 0 Å². The van der Waals surface area contributed by atoms with Gasteiger partial charge in [0.25, 0.3) is 10.0 Å². The van der Waals surface area contributed by atoms with Gasteiger partial charge in [0.15, 0.2) is 0 Å². The maximum Gasteiger partial charge on any atom is 0.263 e. The van der Waals surface area contributed by atoms with Gasteiger partial charge in [-0.05, 0) is 29.5 Å². The van der Waals surface area contributed by atoms with Crippen LogP contribution in [0.1, 0.15) is 44.7 Å².